The molecule has 1 amide bonds. The van der Waals surface area contributed by atoms with Gasteiger partial charge in [-0.15, -0.1) is 22.7 Å². The third-order valence-corrected chi connectivity index (χ3v) is 6.44. The third-order valence-electron chi connectivity index (χ3n) is 4.55. The van der Waals surface area contributed by atoms with Gasteiger partial charge in [0.15, 0.2) is 5.13 Å². The first kappa shape index (κ1) is 22.9. The number of thiazole rings is 1. The summed E-state index contributed by atoms with van der Waals surface area (Å²) in [5.74, 6) is -1.75. The van der Waals surface area contributed by atoms with Gasteiger partial charge in [0.25, 0.3) is 5.91 Å². The molecular formula is C22H23FN3O3S2-. The monoisotopic (exact) mass is 460 g/mol. The van der Waals surface area contributed by atoms with E-state index in [2.05, 4.69) is 22.5 Å². The van der Waals surface area contributed by atoms with E-state index in [4.69, 9.17) is 0 Å². The fourth-order valence-corrected chi connectivity index (χ4v) is 4.58. The fraction of sp³-hybridized carbons (Fsp3) is 0.318. The number of carbonyl (C=O) groups is 2. The SMILES string of the molecule is CCCCCc1cc(F)ccc1NCc1ccc(C(=O)Nc2nc(CC(=O)[O-])cs2)s1. The van der Waals surface area contributed by atoms with Crippen LogP contribution in [-0.4, -0.2) is 16.9 Å². The van der Waals surface area contributed by atoms with Crippen LogP contribution in [0.5, 0.6) is 0 Å². The van der Waals surface area contributed by atoms with Crippen LogP contribution in [0.3, 0.4) is 0 Å². The molecule has 0 aliphatic rings. The van der Waals surface area contributed by atoms with Gasteiger partial charge < -0.3 is 15.2 Å². The van der Waals surface area contributed by atoms with Gasteiger partial charge in [-0.3, -0.25) is 10.1 Å². The topological polar surface area (TPSA) is 94.2 Å². The van der Waals surface area contributed by atoms with Gasteiger partial charge in [0.2, 0.25) is 0 Å². The predicted octanol–water partition coefficient (Wildman–Crippen LogP) is 4.23. The summed E-state index contributed by atoms with van der Waals surface area (Å²) in [4.78, 5) is 28.6. The van der Waals surface area contributed by atoms with Crippen molar-refractivity contribution < 1.29 is 19.1 Å². The number of thiophene rings is 1. The summed E-state index contributed by atoms with van der Waals surface area (Å²) in [5, 5.41) is 18.6. The Kier molecular flexibility index (Phi) is 8.13. The molecule has 164 valence electrons. The Morgan fingerprint density at radius 1 is 1.19 bits per heavy atom. The van der Waals surface area contributed by atoms with Gasteiger partial charge >= 0.3 is 0 Å². The van der Waals surface area contributed by atoms with E-state index >= 15 is 0 Å². The van der Waals surface area contributed by atoms with Gasteiger partial charge in [0.05, 0.1) is 10.6 Å². The zero-order valence-corrected chi connectivity index (χ0v) is 18.7. The molecule has 9 heteroatoms. The number of anilines is 2. The average Bonchev–Trinajstić information content (AvgIpc) is 3.37. The molecule has 0 saturated carbocycles. The van der Waals surface area contributed by atoms with Gasteiger partial charge in [0.1, 0.15) is 5.82 Å². The molecule has 2 heterocycles. The first-order valence-electron chi connectivity index (χ1n) is 10.0. The van der Waals surface area contributed by atoms with Crippen LogP contribution in [0.15, 0.2) is 35.7 Å². The van der Waals surface area contributed by atoms with Gasteiger partial charge in [-0.1, -0.05) is 19.8 Å². The van der Waals surface area contributed by atoms with Crippen molar-refractivity contribution in [1.29, 1.82) is 0 Å². The number of amides is 1. The molecule has 1 aromatic carbocycles. The molecule has 31 heavy (non-hydrogen) atoms. The zero-order chi connectivity index (χ0) is 22.2. The molecule has 3 aromatic rings. The van der Waals surface area contributed by atoms with Crippen LogP contribution in [0.2, 0.25) is 0 Å². The molecule has 0 unspecified atom stereocenters. The number of rotatable bonds is 11. The number of nitrogens with one attached hydrogen (secondary N) is 2. The normalized spacial score (nSPS) is 10.8. The van der Waals surface area contributed by atoms with E-state index in [1.54, 1.807) is 23.6 Å². The van der Waals surface area contributed by atoms with Crippen molar-refractivity contribution in [3.63, 3.8) is 0 Å². The number of carboxylic acids is 1. The molecule has 0 aliphatic carbocycles. The number of aliphatic carboxylic acids is 1. The number of carboxylic acid groups (broad SMARTS) is 1. The Hall–Kier alpha value is -2.78. The molecule has 0 spiro atoms. The van der Waals surface area contributed by atoms with Gasteiger partial charge in [-0.25, -0.2) is 9.37 Å². The molecule has 0 atom stereocenters. The predicted molar refractivity (Wildman–Crippen MR) is 120 cm³/mol. The standard InChI is InChI=1S/C22H24FN3O3S2/c1-2-3-4-5-14-10-15(23)6-8-18(14)24-12-17-7-9-19(31-17)21(29)26-22-25-16(13-30-22)11-20(27)28/h6-10,13,24H,2-5,11-12H2,1H3,(H,27,28)(H,25,26,29)/p-1. The van der Waals surface area contributed by atoms with E-state index in [0.29, 0.717) is 22.2 Å². The van der Waals surface area contributed by atoms with E-state index in [1.807, 2.05) is 6.07 Å². The maximum atomic E-state index is 13.6. The average molecular weight is 461 g/mol. The number of nitrogens with zero attached hydrogens (tertiary/aromatic N) is 1. The highest BCUT2D eigenvalue weighted by Gasteiger charge is 2.12. The minimum atomic E-state index is -1.21. The van der Waals surface area contributed by atoms with Crippen molar-refractivity contribution in [2.45, 2.75) is 45.6 Å². The highest BCUT2D eigenvalue weighted by atomic mass is 32.1. The number of benzene rings is 1. The lowest BCUT2D eigenvalue weighted by atomic mass is 10.0. The second kappa shape index (κ2) is 11.0. The fourth-order valence-electron chi connectivity index (χ4n) is 3.04. The van der Waals surface area contributed by atoms with Gasteiger partial charge in [-0.2, -0.15) is 0 Å². The molecule has 3 rings (SSSR count). The lowest BCUT2D eigenvalue weighted by Crippen LogP contribution is -2.24. The van der Waals surface area contributed by atoms with Crippen LogP contribution in [0.4, 0.5) is 15.2 Å². The summed E-state index contributed by atoms with van der Waals surface area (Å²) in [6, 6.07) is 8.38. The molecule has 0 aliphatic heterocycles. The van der Waals surface area contributed by atoms with Crippen LogP contribution in [0, 0.1) is 5.82 Å². The van der Waals surface area contributed by atoms with Crippen molar-refractivity contribution in [1.82, 2.24) is 4.98 Å². The molecule has 2 N–H and O–H groups in total. The molecular weight excluding hydrogens is 437 g/mol. The second-order valence-electron chi connectivity index (χ2n) is 7.02. The third kappa shape index (κ3) is 6.86. The zero-order valence-electron chi connectivity index (χ0n) is 17.1. The molecule has 0 radical (unpaired) electrons. The van der Waals surface area contributed by atoms with Crippen LogP contribution in [0.1, 0.15) is 52.0 Å². The first-order valence-corrected chi connectivity index (χ1v) is 11.7. The van der Waals surface area contributed by atoms with Crippen LogP contribution in [0.25, 0.3) is 0 Å². The minimum Gasteiger partial charge on any atom is -0.550 e. The van der Waals surface area contributed by atoms with Crippen molar-refractivity contribution >= 4 is 45.4 Å². The quantitative estimate of drug-likeness (QED) is 0.418. The smallest absolute Gasteiger partial charge is 0.267 e. The second-order valence-corrected chi connectivity index (χ2v) is 9.05. The van der Waals surface area contributed by atoms with Crippen LogP contribution < -0.4 is 15.7 Å². The van der Waals surface area contributed by atoms with Crippen molar-refractivity contribution in [3.8, 4) is 0 Å². The summed E-state index contributed by atoms with van der Waals surface area (Å²) in [6.45, 7) is 2.66. The van der Waals surface area contributed by atoms with Crippen molar-refractivity contribution in [2.24, 2.45) is 0 Å². The Balaban J connectivity index is 1.58. The van der Waals surface area contributed by atoms with E-state index in [9.17, 15) is 19.1 Å². The Bertz CT molecular complexity index is 1050. The Labute approximate surface area is 188 Å². The van der Waals surface area contributed by atoms with Gasteiger partial charge in [0, 0.05) is 34.9 Å². The van der Waals surface area contributed by atoms with Crippen molar-refractivity contribution in [2.75, 3.05) is 10.6 Å². The number of aryl methyl sites for hydroxylation is 1. The van der Waals surface area contributed by atoms with Crippen LogP contribution >= 0.6 is 22.7 Å². The lowest BCUT2D eigenvalue weighted by molar-refractivity contribution is -0.304. The largest absolute Gasteiger partial charge is 0.550 e. The summed E-state index contributed by atoms with van der Waals surface area (Å²) in [7, 11) is 0. The lowest BCUT2D eigenvalue weighted by Gasteiger charge is -2.11. The van der Waals surface area contributed by atoms with E-state index in [-0.39, 0.29) is 18.1 Å². The van der Waals surface area contributed by atoms with Gasteiger partial charge in [-0.05, 0) is 48.7 Å². The summed E-state index contributed by atoms with van der Waals surface area (Å²) < 4.78 is 13.6. The summed E-state index contributed by atoms with van der Waals surface area (Å²) in [6.07, 6.45) is 3.76. The maximum Gasteiger partial charge on any atom is 0.267 e. The molecule has 6 nitrogen and oxygen atoms in total. The molecule has 0 fully saturated rings. The number of halogens is 1. The van der Waals surface area contributed by atoms with E-state index in [1.165, 1.54) is 28.7 Å². The minimum absolute atomic E-state index is 0.239. The van der Waals surface area contributed by atoms with E-state index in [0.717, 1.165) is 41.8 Å². The Morgan fingerprint density at radius 3 is 2.81 bits per heavy atom. The number of hydrogen-bond acceptors (Lipinski definition) is 7. The van der Waals surface area contributed by atoms with Crippen molar-refractivity contribution in [3.05, 3.63) is 62.5 Å². The first-order chi connectivity index (χ1) is 14.9. The highest BCUT2D eigenvalue weighted by molar-refractivity contribution is 7.15. The highest BCUT2D eigenvalue weighted by Crippen LogP contribution is 2.24. The molecule has 0 saturated heterocycles. The van der Waals surface area contributed by atoms with Crippen LogP contribution in [-0.2, 0) is 24.2 Å². The maximum absolute atomic E-state index is 13.6. The number of aromatic nitrogens is 1. The number of unbranched alkanes of at least 4 members (excludes halogenated alkanes) is 2. The summed E-state index contributed by atoms with van der Waals surface area (Å²) >= 11 is 2.52. The number of hydrogen-bond donors (Lipinski definition) is 2. The van der Waals surface area contributed by atoms with E-state index < -0.39 is 5.97 Å². The summed E-state index contributed by atoms with van der Waals surface area (Å²) in [5.41, 5.74) is 2.21. The Morgan fingerprint density at radius 2 is 2.03 bits per heavy atom. The molecule has 2 aromatic heterocycles. The number of carbonyl (C=O) groups excluding carboxylic acids is 2. The molecule has 0 bridgehead atoms.